The molecule has 18 nitrogen and oxygen atoms in total. The summed E-state index contributed by atoms with van der Waals surface area (Å²) in [5, 5.41) is 12.2. The van der Waals surface area contributed by atoms with Gasteiger partial charge in [0, 0.05) is 55.5 Å². The first kappa shape index (κ1) is 44.0. The van der Waals surface area contributed by atoms with Gasteiger partial charge < -0.3 is 57.0 Å². The lowest BCUT2D eigenvalue weighted by Gasteiger charge is -2.15. The zero-order valence-corrected chi connectivity index (χ0v) is 34.6. The van der Waals surface area contributed by atoms with Gasteiger partial charge in [-0.1, -0.05) is 17.9 Å². The summed E-state index contributed by atoms with van der Waals surface area (Å²) >= 11 is 0. The molecule has 0 unspecified atom stereocenters. The fraction of sp³-hybridized carbons (Fsp3) is 0.357. The van der Waals surface area contributed by atoms with Crippen LogP contribution in [0.15, 0.2) is 48.6 Å². The molecule has 2 aromatic carbocycles. The number of carbonyl (C=O) groups is 3. The van der Waals surface area contributed by atoms with E-state index in [1.165, 1.54) is 0 Å². The van der Waals surface area contributed by atoms with E-state index in [1.54, 1.807) is 85.2 Å². The number of nitrogen functional groups attached to an aromatic ring is 2. The summed E-state index contributed by atoms with van der Waals surface area (Å²) in [6.07, 6.45) is 4.93. The lowest BCUT2D eigenvalue weighted by molar-refractivity contribution is -0.125. The third kappa shape index (κ3) is 10.7. The van der Waals surface area contributed by atoms with Crippen molar-refractivity contribution >= 4 is 29.4 Å². The second-order valence-corrected chi connectivity index (χ2v) is 14.1. The summed E-state index contributed by atoms with van der Waals surface area (Å²) in [4.78, 5) is 40.2. The summed E-state index contributed by atoms with van der Waals surface area (Å²) in [6.45, 7) is 3.28. The normalized spacial score (nSPS) is 15.7. The lowest BCUT2D eigenvalue weighted by Crippen LogP contribution is -2.28. The largest absolute Gasteiger partial charge is 0.497 e. The molecule has 0 radical (unpaired) electrons. The Morgan fingerprint density at radius 3 is 1.62 bits per heavy atom. The number of hydrogen-bond acceptors (Lipinski definition) is 13. The minimum atomic E-state index is -0.714. The summed E-state index contributed by atoms with van der Waals surface area (Å²) in [6, 6.07) is 10.4. The number of methoxy groups -OCH3 is 4. The van der Waals surface area contributed by atoms with Crippen LogP contribution in [0, 0.1) is 23.7 Å². The van der Waals surface area contributed by atoms with Crippen LogP contribution >= 0.6 is 0 Å². The number of benzene rings is 2. The Labute approximate surface area is 348 Å². The Kier molecular flexibility index (Phi) is 14.7. The number of amides is 3. The summed E-state index contributed by atoms with van der Waals surface area (Å²) in [5.41, 5.74) is 25.4. The monoisotopic (exact) mass is 821 g/mol. The predicted octanol–water partition coefficient (Wildman–Crippen LogP) is 1.39. The van der Waals surface area contributed by atoms with Crippen molar-refractivity contribution in [2.75, 3.05) is 86.7 Å². The number of hydrogen-bond donors (Lipinski definition) is 5. The molecule has 316 valence electrons. The second-order valence-electron chi connectivity index (χ2n) is 14.1. The van der Waals surface area contributed by atoms with Gasteiger partial charge in [0.25, 0.3) is 11.8 Å². The number of nitrogens with zero attached hydrogens (tertiary/aromatic N) is 6. The van der Waals surface area contributed by atoms with Crippen molar-refractivity contribution in [3.63, 3.8) is 0 Å². The van der Waals surface area contributed by atoms with Gasteiger partial charge in [-0.25, -0.2) is 9.36 Å². The van der Waals surface area contributed by atoms with Crippen molar-refractivity contribution in [2.24, 2.45) is 11.5 Å². The van der Waals surface area contributed by atoms with Gasteiger partial charge in [-0.2, -0.15) is 10.2 Å². The van der Waals surface area contributed by atoms with Crippen LogP contribution in [0.3, 0.4) is 0 Å². The Morgan fingerprint density at radius 2 is 1.22 bits per heavy atom. The molecule has 0 aliphatic carbocycles. The zero-order valence-electron chi connectivity index (χ0n) is 34.6. The fourth-order valence-corrected chi connectivity index (χ4v) is 6.59. The van der Waals surface area contributed by atoms with Crippen molar-refractivity contribution < 1.29 is 33.3 Å². The third-order valence-corrected chi connectivity index (χ3v) is 9.67. The highest BCUT2D eigenvalue weighted by Crippen LogP contribution is 2.29. The van der Waals surface area contributed by atoms with Crippen LogP contribution in [-0.2, 0) is 4.79 Å². The van der Waals surface area contributed by atoms with E-state index in [9.17, 15) is 14.4 Å². The molecule has 0 saturated carbocycles. The molecule has 60 heavy (non-hydrogen) atoms. The maximum absolute atomic E-state index is 12.5. The minimum absolute atomic E-state index is 0.0676. The van der Waals surface area contributed by atoms with Gasteiger partial charge in [0.05, 0.1) is 40.5 Å². The molecule has 2 aliphatic rings. The molecule has 2 fully saturated rings. The average Bonchev–Trinajstić information content (AvgIpc) is 4.05. The maximum atomic E-state index is 12.5. The summed E-state index contributed by atoms with van der Waals surface area (Å²) < 4.78 is 24.2. The Morgan fingerprint density at radius 1 is 0.750 bits per heavy atom. The van der Waals surface area contributed by atoms with E-state index in [-0.39, 0.29) is 52.1 Å². The number of aromatic nitrogens is 4. The number of nitrogens with one attached hydrogen (secondary N) is 1. The number of likely N-dealkylation sites (N-methyl/N-ethyl adjacent to an activating group) is 1. The van der Waals surface area contributed by atoms with Crippen LogP contribution in [-0.4, -0.2) is 122 Å². The Hall–Kier alpha value is -7.15. The molecule has 6 rings (SSSR count). The molecule has 2 aromatic heterocycles. The van der Waals surface area contributed by atoms with Gasteiger partial charge in [-0.3, -0.25) is 14.4 Å². The lowest BCUT2D eigenvalue weighted by atomic mass is 10.1. The highest BCUT2D eigenvalue weighted by Gasteiger charge is 2.31. The van der Waals surface area contributed by atoms with E-state index < -0.39 is 11.8 Å². The van der Waals surface area contributed by atoms with Crippen molar-refractivity contribution in [1.82, 2.24) is 34.7 Å². The van der Waals surface area contributed by atoms with Crippen LogP contribution in [0.2, 0.25) is 0 Å². The van der Waals surface area contributed by atoms with Gasteiger partial charge in [0.1, 0.15) is 45.8 Å². The molecule has 2 saturated heterocycles. The maximum Gasteiger partial charge on any atom is 0.255 e. The van der Waals surface area contributed by atoms with Gasteiger partial charge in [-0.15, -0.1) is 0 Å². The van der Waals surface area contributed by atoms with Crippen LogP contribution in [0.25, 0.3) is 0 Å². The average molecular weight is 822 g/mol. The highest BCUT2D eigenvalue weighted by atomic mass is 16.5. The first-order chi connectivity index (χ1) is 28.8. The number of anilines is 2. The topological polar surface area (TPSA) is 246 Å². The molecular formula is C42H51N11O7. The molecule has 3 amide bonds. The Balaban J connectivity index is 0.000000236. The minimum Gasteiger partial charge on any atom is -0.497 e. The SMILES string of the molecule is COc1cc(C#Cc2nn([C@H]3CCN(C(=O)/C=C/CN(C)C)C3)c(N)c2C(N)=O)cc(OC)c1.COc1cc(C#Cc2nn([C@H]3CCNC3)c(N)c2C(N)=O)cc(OC)c1. The van der Waals surface area contributed by atoms with Gasteiger partial charge >= 0.3 is 0 Å². The first-order valence-corrected chi connectivity index (χ1v) is 18.9. The zero-order chi connectivity index (χ0) is 43.5. The summed E-state index contributed by atoms with van der Waals surface area (Å²) in [7, 11) is 10.1. The predicted molar refractivity (Wildman–Crippen MR) is 226 cm³/mol. The summed E-state index contributed by atoms with van der Waals surface area (Å²) in [5.74, 6) is 13.1. The molecule has 4 heterocycles. The Bertz CT molecular complexity index is 2330. The number of rotatable bonds is 11. The van der Waals surface area contributed by atoms with Crippen molar-refractivity contribution in [3.05, 3.63) is 82.2 Å². The smallest absolute Gasteiger partial charge is 0.255 e. The van der Waals surface area contributed by atoms with Crippen LogP contribution in [0.5, 0.6) is 23.0 Å². The fourth-order valence-electron chi connectivity index (χ4n) is 6.59. The van der Waals surface area contributed by atoms with E-state index in [0.29, 0.717) is 60.2 Å². The number of carbonyl (C=O) groups excluding carboxylic acids is 3. The molecule has 9 N–H and O–H groups in total. The number of ether oxygens (including phenoxy) is 4. The van der Waals surface area contributed by atoms with Crippen molar-refractivity contribution in [2.45, 2.75) is 24.9 Å². The van der Waals surface area contributed by atoms with Crippen LogP contribution in [0.1, 0.15) is 68.2 Å². The van der Waals surface area contributed by atoms with E-state index in [2.05, 4.69) is 39.2 Å². The molecule has 4 aromatic rings. The van der Waals surface area contributed by atoms with Gasteiger partial charge in [-0.05, 0) is 69.6 Å². The van der Waals surface area contributed by atoms with Gasteiger partial charge in [0.15, 0.2) is 11.4 Å². The highest BCUT2D eigenvalue weighted by molar-refractivity contribution is 6.00. The van der Waals surface area contributed by atoms with Crippen LogP contribution < -0.4 is 47.2 Å². The standard InChI is InChI=1S/C24H30N6O4.C18H21N5O3/c1-28(2)10-5-6-21(31)29-11-9-17(15-29)30-23(25)22(24(26)32)20(27-30)8-7-16-12-18(33-3)14-19(13-16)34-4;1-25-13-7-11(8-14(9-13)26-2)3-4-15-16(18(20)24)17(19)23(22-15)12-5-6-21-10-12/h5-6,12-14,17H,9-11,15,25H2,1-4H3,(H2,26,32);7-9,12,21H,5-6,10,19H2,1-2H3,(H2,20,24)/b6-5+;/t17-;12-/m00/s1. The molecule has 2 atom stereocenters. The molecular weight excluding hydrogens is 771 g/mol. The van der Waals surface area contributed by atoms with Crippen molar-refractivity contribution in [3.8, 4) is 46.7 Å². The molecule has 18 heteroatoms. The first-order valence-electron chi connectivity index (χ1n) is 18.9. The van der Waals surface area contributed by atoms with E-state index in [0.717, 1.165) is 19.5 Å². The third-order valence-electron chi connectivity index (χ3n) is 9.67. The van der Waals surface area contributed by atoms with Crippen molar-refractivity contribution in [1.29, 1.82) is 0 Å². The molecule has 2 aliphatic heterocycles. The van der Waals surface area contributed by atoms with Crippen LogP contribution in [0.4, 0.5) is 11.6 Å². The molecule has 0 spiro atoms. The van der Waals surface area contributed by atoms with E-state index >= 15 is 0 Å². The second kappa shape index (κ2) is 20.0. The number of likely N-dealkylation sites (tertiary alicyclic amines) is 1. The number of primary amides is 2. The van der Waals surface area contributed by atoms with E-state index in [4.69, 9.17) is 41.9 Å². The van der Waals surface area contributed by atoms with Gasteiger partial charge in [0.2, 0.25) is 5.91 Å². The number of nitrogens with two attached hydrogens (primary N) is 4. The van der Waals surface area contributed by atoms with E-state index in [1.807, 2.05) is 25.1 Å². The quantitative estimate of drug-likeness (QED) is 0.106. The molecule has 0 bridgehead atoms.